The summed E-state index contributed by atoms with van der Waals surface area (Å²) in [4.78, 5) is 0. The summed E-state index contributed by atoms with van der Waals surface area (Å²) >= 11 is 0. The Labute approximate surface area is 151 Å². The van der Waals surface area contributed by atoms with Crippen molar-refractivity contribution >= 4 is 0 Å². The molecule has 0 saturated heterocycles. The maximum absolute atomic E-state index is 5.89. The molecule has 0 spiro atoms. The second kappa shape index (κ2) is 5.65. The predicted molar refractivity (Wildman–Crippen MR) is 102 cm³/mol. The molecular weight excluding hydrogens is 308 g/mol. The van der Waals surface area contributed by atoms with Crippen LogP contribution in [-0.4, -0.2) is 7.11 Å². The summed E-state index contributed by atoms with van der Waals surface area (Å²) in [7, 11) is 1.81. The Hall–Kier alpha value is -1.70. The highest BCUT2D eigenvalue weighted by molar-refractivity contribution is 5.53. The van der Waals surface area contributed by atoms with Crippen molar-refractivity contribution in [1.82, 2.24) is 0 Å². The van der Waals surface area contributed by atoms with E-state index in [0.29, 0.717) is 5.92 Å². The fraction of sp³-hybridized carbons (Fsp3) is 0.565. The molecule has 0 bridgehead atoms. The van der Waals surface area contributed by atoms with Crippen LogP contribution in [0.25, 0.3) is 0 Å². The molecule has 2 aliphatic rings. The average molecular weight is 338 g/mol. The summed E-state index contributed by atoms with van der Waals surface area (Å²) in [6, 6.07) is 6.95. The summed E-state index contributed by atoms with van der Waals surface area (Å²) in [6.07, 6.45) is 7.72. The minimum Gasteiger partial charge on any atom is -0.496 e. The Bertz CT molecular complexity index is 794. The lowest BCUT2D eigenvalue weighted by Crippen LogP contribution is -2.34. The number of furan rings is 1. The van der Waals surface area contributed by atoms with Gasteiger partial charge in [-0.25, -0.2) is 0 Å². The van der Waals surface area contributed by atoms with Gasteiger partial charge in [0, 0.05) is 23.5 Å². The number of hydrogen-bond donors (Lipinski definition) is 0. The van der Waals surface area contributed by atoms with Crippen molar-refractivity contribution in [3.63, 3.8) is 0 Å². The predicted octanol–water partition coefficient (Wildman–Crippen LogP) is 6.11. The molecule has 0 saturated carbocycles. The Morgan fingerprint density at radius 2 is 1.68 bits per heavy atom. The lowest BCUT2D eigenvalue weighted by molar-refractivity contribution is 0.327. The molecule has 134 valence electrons. The smallest absolute Gasteiger partial charge is 0.122 e. The normalized spacial score (nSPS) is 23.6. The van der Waals surface area contributed by atoms with E-state index >= 15 is 0 Å². The average Bonchev–Trinajstić information content (AvgIpc) is 3.07. The van der Waals surface area contributed by atoms with Gasteiger partial charge in [-0.05, 0) is 59.8 Å². The van der Waals surface area contributed by atoms with Crippen molar-refractivity contribution in [2.45, 2.75) is 76.5 Å². The Kier molecular flexibility index (Phi) is 3.79. The monoisotopic (exact) mass is 338 g/mol. The van der Waals surface area contributed by atoms with Crippen molar-refractivity contribution in [3.8, 4) is 5.75 Å². The van der Waals surface area contributed by atoms with E-state index < -0.39 is 0 Å². The van der Waals surface area contributed by atoms with Crippen molar-refractivity contribution < 1.29 is 9.15 Å². The Balaban J connectivity index is 1.91. The van der Waals surface area contributed by atoms with E-state index in [-0.39, 0.29) is 10.8 Å². The van der Waals surface area contributed by atoms with E-state index in [1.807, 2.05) is 13.4 Å². The Morgan fingerprint density at radius 3 is 2.36 bits per heavy atom. The SMILES string of the molecule is COc1cc2c(cc1C1CCCc3occc31)C(C)(C)CCC2(C)C. The lowest BCUT2D eigenvalue weighted by Gasteiger charge is -2.42. The van der Waals surface area contributed by atoms with E-state index in [2.05, 4.69) is 45.9 Å². The molecule has 0 fully saturated rings. The third-order valence-electron chi connectivity index (χ3n) is 6.63. The van der Waals surface area contributed by atoms with Gasteiger partial charge in [0.15, 0.2) is 0 Å². The number of aryl methyl sites for hydroxylation is 1. The highest BCUT2D eigenvalue weighted by Gasteiger charge is 2.39. The van der Waals surface area contributed by atoms with Crippen LogP contribution in [0.15, 0.2) is 28.9 Å². The van der Waals surface area contributed by atoms with Gasteiger partial charge in [0.2, 0.25) is 0 Å². The molecule has 2 nitrogen and oxygen atoms in total. The highest BCUT2D eigenvalue weighted by atomic mass is 16.5. The third-order valence-corrected chi connectivity index (χ3v) is 6.63. The van der Waals surface area contributed by atoms with Crippen LogP contribution in [-0.2, 0) is 17.3 Å². The van der Waals surface area contributed by atoms with Crippen LogP contribution in [0.4, 0.5) is 0 Å². The number of fused-ring (bicyclic) bond motifs is 2. The topological polar surface area (TPSA) is 22.4 Å². The molecule has 0 aliphatic heterocycles. The van der Waals surface area contributed by atoms with Crippen LogP contribution in [0.5, 0.6) is 5.75 Å². The molecule has 2 aromatic rings. The van der Waals surface area contributed by atoms with Gasteiger partial charge in [-0.3, -0.25) is 0 Å². The molecule has 25 heavy (non-hydrogen) atoms. The largest absolute Gasteiger partial charge is 0.496 e. The van der Waals surface area contributed by atoms with Gasteiger partial charge >= 0.3 is 0 Å². The van der Waals surface area contributed by atoms with E-state index in [9.17, 15) is 0 Å². The molecule has 1 aromatic heterocycles. The van der Waals surface area contributed by atoms with Crippen molar-refractivity contribution in [3.05, 3.63) is 52.5 Å². The standard InChI is InChI=1S/C23H30O2/c1-22(2)10-11-23(3,4)19-14-21(24-5)17(13-18(19)22)15-7-6-8-20-16(15)9-12-25-20/h9,12-15H,6-8,10-11H2,1-5H3. The van der Waals surface area contributed by atoms with Gasteiger partial charge in [0.1, 0.15) is 11.5 Å². The fourth-order valence-corrected chi connectivity index (χ4v) is 4.87. The minimum atomic E-state index is 0.212. The summed E-state index contributed by atoms with van der Waals surface area (Å²) in [5, 5.41) is 0. The molecule has 4 rings (SSSR count). The zero-order chi connectivity index (χ0) is 17.8. The summed E-state index contributed by atoms with van der Waals surface area (Å²) in [5.41, 5.74) is 6.11. The van der Waals surface area contributed by atoms with Gasteiger partial charge in [-0.1, -0.05) is 33.8 Å². The molecule has 1 aromatic carbocycles. The van der Waals surface area contributed by atoms with Gasteiger partial charge in [-0.2, -0.15) is 0 Å². The highest BCUT2D eigenvalue weighted by Crippen LogP contribution is 2.50. The van der Waals surface area contributed by atoms with E-state index in [4.69, 9.17) is 9.15 Å². The first-order chi connectivity index (χ1) is 11.8. The first-order valence-corrected chi connectivity index (χ1v) is 9.63. The number of ether oxygens (including phenoxy) is 1. The lowest BCUT2D eigenvalue weighted by atomic mass is 9.62. The van der Waals surface area contributed by atoms with E-state index in [1.54, 1.807) is 0 Å². The van der Waals surface area contributed by atoms with Crippen molar-refractivity contribution in [2.75, 3.05) is 7.11 Å². The summed E-state index contributed by atoms with van der Waals surface area (Å²) in [5.74, 6) is 2.60. The van der Waals surface area contributed by atoms with Crippen molar-refractivity contribution in [2.24, 2.45) is 0 Å². The quantitative estimate of drug-likeness (QED) is 0.659. The second-order valence-corrected chi connectivity index (χ2v) is 9.15. The van der Waals surface area contributed by atoms with Crippen LogP contribution in [0.1, 0.15) is 87.3 Å². The molecule has 1 heterocycles. The first-order valence-electron chi connectivity index (χ1n) is 9.63. The van der Waals surface area contributed by atoms with Crippen LogP contribution in [0, 0.1) is 0 Å². The van der Waals surface area contributed by atoms with E-state index in [0.717, 1.165) is 17.9 Å². The minimum absolute atomic E-state index is 0.212. The fourth-order valence-electron chi connectivity index (χ4n) is 4.87. The van der Waals surface area contributed by atoms with Crippen LogP contribution >= 0.6 is 0 Å². The molecule has 1 unspecified atom stereocenters. The number of benzene rings is 1. The van der Waals surface area contributed by atoms with E-state index in [1.165, 1.54) is 47.9 Å². The number of hydrogen-bond acceptors (Lipinski definition) is 2. The first kappa shape index (κ1) is 16.8. The third kappa shape index (κ3) is 2.61. The molecule has 0 radical (unpaired) electrons. The van der Waals surface area contributed by atoms with Gasteiger partial charge in [0.05, 0.1) is 13.4 Å². The van der Waals surface area contributed by atoms with Crippen molar-refractivity contribution in [1.29, 1.82) is 0 Å². The van der Waals surface area contributed by atoms with Gasteiger partial charge in [-0.15, -0.1) is 0 Å². The molecule has 2 aliphatic carbocycles. The van der Waals surface area contributed by atoms with Gasteiger partial charge in [0.25, 0.3) is 0 Å². The Morgan fingerprint density at radius 1 is 1.00 bits per heavy atom. The van der Waals surface area contributed by atoms with Crippen LogP contribution in [0.2, 0.25) is 0 Å². The number of methoxy groups -OCH3 is 1. The number of rotatable bonds is 2. The maximum atomic E-state index is 5.89. The molecule has 2 heteroatoms. The van der Waals surface area contributed by atoms with Gasteiger partial charge < -0.3 is 9.15 Å². The second-order valence-electron chi connectivity index (χ2n) is 9.15. The zero-order valence-electron chi connectivity index (χ0n) is 16.2. The summed E-state index contributed by atoms with van der Waals surface area (Å²) in [6.45, 7) is 9.52. The molecular formula is C23H30O2. The summed E-state index contributed by atoms with van der Waals surface area (Å²) < 4.78 is 11.6. The van der Waals surface area contributed by atoms with Crippen LogP contribution in [0.3, 0.4) is 0 Å². The molecule has 1 atom stereocenters. The molecule has 0 amide bonds. The molecule has 0 N–H and O–H groups in total. The van der Waals surface area contributed by atoms with Crippen LogP contribution < -0.4 is 4.74 Å². The maximum Gasteiger partial charge on any atom is 0.122 e. The zero-order valence-corrected chi connectivity index (χ0v) is 16.2.